The zero-order valence-electron chi connectivity index (χ0n) is 27.3. The molecule has 0 aromatic heterocycles. The van der Waals surface area contributed by atoms with Gasteiger partial charge < -0.3 is 15.1 Å². The molecule has 1 heterocycles. The third kappa shape index (κ3) is 7.93. The fraction of sp³-hybridized carbons (Fsp3) is 0.122. The summed E-state index contributed by atoms with van der Waals surface area (Å²) in [4.78, 5) is 50.1. The SMILES string of the molecule is O=C(/C=C/C1=C(C(=O)O)Cc2cc(Cl)cc(Cl)c21)Cc1ccccc1.O=C(O)C1=C(/C=C2\CCN(c3ccccc3)C2=O)c2c(Cl)cc(Cl)cc2C1. The van der Waals surface area contributed by atoms with Gasteiger partial charge in [0.1, 0.15) is 0 Å². The normalized spacial score (nSPS) is 15.7. The van der Waals surface area contributed by atoms with Crippen LogP contribution in [0, 0.1) is 0 Å². The van der Waals surface area contributed by atoms with Crippen LogP contribution in [-0.4, -0.2) is 40.4 Å². The van der Waals surface area contributed by atoms with Crippen molar-refractivity contribution in [2.75, 3.05) is 11.4 Å². The predicted octanol–water partition coefficient (Wildman–Crippen LogP) is 9.51. The van der Waals surface area contributed by atoms with E-state index in [2.05, 4.69) is 0 Å². The monoisotopic (exact) mass is 771 g/mol. The van der Waals surface area contributed by atoms with E-state index in [1.807, 2.05) is 60.7 Å². The first kappa shape index (κ1) is 36.9. The van der Waals surface area contributed by atoms with Crippen molar-refractivity contribution in [3.8, 4) is 0 Å². The Labute approximate surface area is 319 Å². The minimum atomic E-state index is -1.03. The van der Waals surface area contributed by atoms with Crippen LogP contribution in [0.15, 0.2) is 120 Å². The number of carboxylic acids is 2. The van der Waals surface area contributed by atoms with Crippen molar-refractivity contribution in [1.82, 2.24) is 0 Å². The van der Waals surface area contributed by atoms with Crippen LogP contribution in [0.2, 0.25) is 20.1 Å². The Morgan fingerprint density at radius 2 is 1.23 bits per heavy atom. The molecule has 7 rings (SSSR count). The van der Waals surface area contributed by atoms with Crippen molar-refractivity contribution in [2.24, 2.45) is 0 Å². The van der Waals surface area contributed by atoms with E-state index in [0.717, 1.165) is 22.4 Å². The summed E-state index contributed by atoms with van der Waals surface area (Å²) in [6.45, 7) is 0.561. The number of rotatable bonds is 8. The number of amides is 1. The fourth-order valence-corrected chi connectivity index (χ4v) is 7.82. The topological polar surface area (TPSA) is 112 Å². The van der Waals surface area contributed by atoms with Gasteiger partial charge in [-0.3, -0.25) is 9.59 Å². The van der Waals surface area contributed by atoms with Gasteiger partial charge in [-0.2, -0.15) is 0 Å². The highest BCUT2D eigenvalue weighted by atomic mass is 35.5. The first-order valence-corrected chi connectivity index (χ1v) is 17.6. The Bertz CT molecular complexity index is 2260. The number of ketones is 1. The van der Waals surface area contributed by atoms with Gasteiger partial charge in [-0.15, -0.1) is 0 Å². The zero-order valence-corrected chi connectivity index (χ0v) is 30.4. The summed E-state index contributed by atoms with van der Waals surface area (Å²) in [7, 11) is 0. The van der Waals surface area contributed by atoms with Gasteiger partial charge in [-0.1, -0.05) is 101 Å². The molecule has 0 radical (unpaired) electrons. The smallest absolute Gasteiger partial charge is 0.332 e. The average Bonchev–Trinajstić information content (AvgIpc) is 3.78. The number of allylic oxidation sites excluding steroid dienone is 5. The van der Waals surface area contributed by atoms with Crippen LogP contribution in [0.1, 0.15) is 34.2 Å². The summed E-state index contributed by atoms with van der Waals surface area (Å²) < 4.78 is 0. The number of fused-ring (bicyclic) bond motifs is 2. The van der Waals surface area contributed by atoms with E-state index >= 15 is 0 Å². The molecule has 0 spiro atoms. The van der Waals surface area contributed by atoms with Crippen LogP contribution in [0.25, 0.3) is 11.1 Å². The highest BCUT2D eigenvalue weighted by molar-refractivity contribution is 6.37. The molecule has 1 amide bonds. The number of carbonyl (C=O) groups excluding carboxylic acids is 2. The molecule has 4 aromatic carbocycles. The van der Waals surface area contributed by atoms with Crippen LogP contribution in [0.5, 0.6) is 0 Å². The summed E-state index contributed by atoms with van der Waals surface area (Å²) in [5.74, 6) is -2.27. The van der Waals surface area contributed by atoms with E-state index in [1.165, 1.54) is 6.08 Å². The molecule has 52 heavy (non-hydrogen) atoms. The number of hydrogen-bond donors (Lipinski definition) is 2. The Morgan fingerprint density at radius 3 is 1.79 bits per heavy atom. The van der Waals surface area contributed by atoms with Gasteiger partial charge in [-0.25, -0.2) is 9.59 Å². The number of carbonyl (C=O) groups is 4. The number of halogens is 4. The maximum absolute atomic E-state index is 12.9. The number of carboxylic acid groups (broad SMARTS) is 2. The molecule has 7 nitrogen and oxygen atoms in total. The van der Waals surface area contributed by atoms with Gasteiger partial charge in [0, 0.05) is 69.4 Å². The second-order valence-corrected chi connectivity index (χ2v) is 14.0. The molecule has 11 heteroatoms. The maximum atomic E-state index is 12.9. The molecule has 2 N–H and O–H groups in total. The van der Waals surface area contributed by atoms with Crippen LogP contribution < -0.4 is 4.90 Å². The summed E-state index contributed by atoms with van der Waals surface area (Å²) in [5, 5.41) is 20.8. The third-order valence-electron chi connectivity index (χ3n) is 8.88. The van der Waals surface area contributed by atoms with Crippen molar-refractivity contribution < 1.29 is 29.4 Å². The van der Waals surface area contributed by atoms with E-state index in [9.17, 15) is 29.4 Å². The standard InChI is InChI=1S/C21H15Cl2NO3.C20H14Cl2O3/c22-14-8-13-10-17(21(26)27)16(19(13)18(23)11-14)9-12-6-7-24(20(12)25)15-4-2-1-3-5-15;21-14-9-13-10-17(20(24)25)16(19(13)18(22)11-14)7-6-15(23)8-12-4-2-1-3-5-12/h1-5,8-9,11H,6-7,10H2,(H,26,27);1-7,9,11H,8,10H2,(H,24,25)/b12-9+;7-6+. The summed E-state index contributed by atoms with van der Waals surface area (Å²) in [5.41, 5.74) is 6.51. The Kier molecular flexibility index (Phi) is 11.2. The van der Waals surface area contributed by atoms with Crippen molar-refractivity contribution in [2.45, 2.75) is 25.7 Å². The van der Waals surface area contributed by atoms with Gasteiger partial charge in [0.2, 0.25) is 0 Å². The molecule has 0 atom stereocenters. The highest BCUT2D eigenvalue weighted by Gasteiger charge is 2.32. The second-order valence-electron chi connectivity index (χ2n) is 12.3. The van der Waals surface area contributed by atoms with Gasteiger partial charge in [0.15, 0.2) is 5.78 Å². The first-order chi connectivity index (χ1) is 24.9. The largest absolute Gasteiger partial charge is 0.478 e. The molecule has 2 aliphatic carbocycles. The lowest BCUT2D eigenvalue weighted by molar-refractivity contribution is -0.133. The molecular weight excluding hydrogens is 744 g/mol. The molecule has 0 saturated carbocycles. The van der Waals surface area contributed by atoms with E-state index in [1.54, 1.807) is 41.3 Å². The summed E-state index contributed by atoms with van der Waals surface area (Å²) >= 11 is 24.7. The average molecular weight is 773 g/mol. The lowest BCUT2D eigenvalue weighted by atomic mass is 10.0. The van der Waals surface area contributed by atoms with Crippen molar-refractivity contribution in [3.05, 3.63) is 168 Å². The first-order valence-electron chi connectivity index (χ1n) is 16.1. The number of aliphatic carboxylic acids is 2. The molecule has 0 unspecified atom stereocenters. The number of hydrogen-bond acceptors (Lipinski definition) is 4. The zero-order chi connectivity index (χ0) is 37.1. The maximum Gasteiger partial charge on any atom is 0.332 e. The molecule has 1 fully saturated rings. The number of para-hydroxylation sites is 1. The van der Waals surface area contributed by atoms with Crippen molar-refractivity contribution >= 4 is 86.9 Å². The molecule has 262 valence electrons. The quantitative estimate of drug-likeness (QED) is 0.173. The van der Waals surface area contributed by atoms with Gasteiger partial charge in [0.05, 0.1) is 10.0 Å². The van der Waals surface area contributed by atoms with Crippen LogP contribution in [0.4, 0.5) is 5.69 Å². The highest BCUT2D eigenvalue weighted by Crippen LogP contribution is 2.42. The van der Waals surface area contributed by atoms with Crippen molar-refractivity contribution in [3.63, 3.8) is 0 Å². The number of nitrogens with zero attached hydrogens (tertiary/aromatic N) is 1. The van der Waals surface area contributed by atoms with Crippen molar-refractivity contribution in [1.29, 1.82) is 0 Å². The lowest BCUT2D eigenvalue weighted by Gasteiger charge is -2.14. The predicted molar refractivity (Wildman–Crippen MR) is 205 cm³/mol. The Hall–Kier alpha value is -4.92. The summed E-state index contributed by atoms with van der Waals surface area (Å²) in [6.07, 6.45) is 5.91. The van der Waals surface area contributed by atoms with E-state index in [0.29, 0.717) is 60.9 Å². The molecule has 1 aliphatic heterocycles. The fourth-order valence-electron chi connectivity index (χ4n) is 6.54. The Balaban J connectivity index is 0.000000179. The van der Waals surface area contributed by atoms with Gasteiger partial charge >= 0.3 is 11.9 Å². The van der Waals surface area contributed by atoms with Crippen LogP contribution >= 0.6 is 46.4 Å². The lowest BCUT2D eigenvalue weighted by Crippen LogP contribution is -2.24. The third-order valence-corrected chi connectivity index (χ3v) is 9.91. The molecule has 3 aliphatic rings. The van der Waals surface area contributed by atoms with E-state index < -0.39 is 11.9 Å². The molecule has 0 bridgehead atoms. The van der Waals surface area contributed by atoms with Crippen LogP contribution in [0.3, 0.4) is 0 Å². The van der Waals surface area contributed by atoms with Gasteiger partial charge in [-0.05, 0) is 82.8 Å². The second kappa shape index (κ2) is 15.8. The van der Waals surface area contributed by atoms with Crippen LogP contribution in [-0.2, 0) is 38.4 Å². The van der Waals surface area contributed by atoms with E-state index in [-0.39, 0.29) is 42.1 Å². The minimum Gasteiger partial charge on any atom is -0.478 e. The van der Waals surface area contributed by atoms with Gasteiger partial charge in [0.25, 0.3) is 5.91 Å². The molecule has 4 aromatic rings. The molecular formula is C41H29Cl4NO6. The number of anilines is 1. The molecule has 1 saturated heterocycles. The minimum absolute atomic E-state index is 0.109. The number of benzene rings is 4. The van der Waals surface area contributed by atoms with E-state index in [4.69, 9.17) is 46.4 Å². The Morgan fingerprint density at radius 1 is 0.712 bits per heavy atom. The summed E-state index contributed by atoms with van der Waals surface area (Å²) in [6, 6.07) is 25.4.